The summed E-state index contributed by atoms with van der Waals surface area (Å²) in [6.07, 6.45) is 4.68. The van der Waals surface area contributed by atoms with Gasteiger partial charge in [-0.15, -0.1) is 0 Å². The fourth-order valence-electron chi connectivity index (χ4n) is 1.48. The SMILES string of the molecule is CC(CCS(C)=O)NC(=O)c1ccncc1C(=O)O. The van der Waals surface area contributed by atoms with Gasteiger partial charge in [-0.3, -0.25) is 14.0 Å². The smallest absolute Gasteiger partial charge is 0.338 e. The van der Waals surface area contributed by atoms with Crippen LogP contribution in [0.2, 0.25) is 0 Å². The van der Waals surface area contributed by atoms with Crippen LogP contribution in [0.25, 0.3) is 0 Å². The first-order valence-corrected chi connectivity index (χ1v) is 7.42. The molecule has 0 saturated heterocycles. The number of aromatic carboxylic acids is 1. The van der Waals surface area contributed by atoms with Crippen LogP contribution >= 0.6 is 0 Å². The Labute approximate surface area is 113 Å². The van der Waals surface area contributed by atoms with Crippen LogP contribution in [-0.4, -0.2) is 44.2 Å². The quantitative estimate of drug-likeness (QED) is 0.800. The zero-order valence-electron chi connectivity index (χ0n) is 10.8. The summed E-state index contributed by atoms with van der Waals surface area (Å²) in [4.78, 5) is 26.6. The average Bonchev–Trinajstić information content (AvgIpc) is 2.36. The van der Waals surface area contributed by atoms with E-state index in [0.29, 0.717) is 12.2 Å². The molecule has 1 rings (SSSR count). The molecule has 1 heterocycles. The summed E-state index contributed by atoms with van der Waals surface area (Å²) in [5.74, 6) is -1.17. The second kappa shape index (κ2) is 6.98. The third-order valence-electron chi connectivity index (χ3n) is 2.51. The monoisotopic (exact) mass is 284 g/mol. The number of carbonyl (C=O) groups excluding carboxylic acids is 1. The van der Waals surface area contributed by atoms with Crippen molar-refractivity contribution in [2.45, 2.75) is 19.4 Å². The lowest BCUT2D eigenvalue weighted by Gasteiger charge is -2.14. The van der Waals surface area contributed by atoms with Crippen molar-refractivity contribution in [1.29, 1.82) is 0 Å². The van der Waals surface area contributed by atoms with Crippen molar-refractivity contribution in [2.24, 2.45) is 0 Å². The maximum atomic E-state index is 11.9. The first kappa shape index (κ1) is 15.3. The van der Waals surface area contributed by atoms with Crippen molar-refractivity contribution < 1.29 is 18.9 Å². The second-order valence-corrected chi connectivity index (χ2v) is 5.72. The van der Waals surface area contributed by atoms with Gasteiger partial charge in [0.1, 0.15) is 0 Å². The third kappa shape index (κ3) is 4.78. The zero-order chi connectivity index (χ0) is 14.4. The van der Waals surface area contributed by atoms with Crippen molar-refractivity contribution in [3.63, 3.8) is 0 Å². The Bertz CT molecular complexity index is 504. The molecule has 7 heteroatoms. The number of carbonyl (C=O) groups is 2. The Hall–Kier alpha value is -1.76. The number of pyridine rings is 1. The van der Waals surface area contributed by atoms with Gasteiger partial charge < -0.3 is 10.4 Å². The van der Waals surface area contributed by atoms with Gasteiger partial charge in [0.15, 0.2) is 0 Å². The van der Waals surface area contributed by atoms with Crippen LogP contribution < -0.4 is 5.32 Å². The van der Waals surface area contributed by atoms with Gasteiger partial charge in [-0.2, -0.15) is 0 Å². The number of rotatable bonds is 6. The molecule has 0 fully saturated rings. The minimum Gasteiger partial charge on any atom is -0.478 e. The predicted octanol–water partition coefficient (Wildman–Crippen LogP) is 0.667. The highest BCUT2D eigenvalue weighted by Crippen LogP contribution is 2.07. The molecule has 19 heavy (non-hydrogen) atoms. The van der Waals surface area contributed by atoms with E-state index in [-0.39, 0.29) is 17.2 Å². The average molecular weight is 284 g/mol. The Morgan fingerprint density at radius 2 is 2.16 bits per heavy atom. The van der Waals surface area contributed by atoms with Gasteiger partial charge in [-0.1, -0.05) is 0 Å². The number of nitrogens with zero attached hydrogens (tertiary/aromatic N) is 1. The predicted molar refractivity (Wildman–Crippen MR) is 71.7 cm³/mol. The van der Waals surface area contributed by atoms with E-state index >= 15 is 0 Å². The lowest BCUT2D eigenvalue weighted by Crippen LogP contribution is -2.34. The Morgan fingerprint density at radius 1 is 1.47 bits per heavy atom. The minimum absolute atomic E-state index is 0.0759. The molecule has 1 aromatic heterocycles. The van der Waals surface area contributed by atoms with E-state index in [2.05, 4.69) is 10.3 Å². The molecule has 0 spiro atoms. The molecule has 0 aliphatic rings. The molecule has 0 aliphatic heterocycles. The molecular weight excluding hydrogens is 268 g/mol. The first-order chi connectivity index (χ1) is 8.91. The van der Waals surface area contributed by atoms with E-state index in [1.807, 2.05) is 0 Å². The van der Waals surface area contributed by atoms with Crippen LogP contribution in [-0.2, 0) is 10.8 Å². The fraction of sp³-hybridized carbons (Fsp3) is 0.417. The molecule has 0 radical (unpaired) electrons. The van der Waals surface area contributed by atoms with Crippen molar-refractivity contribution in [2.75, 3.05) is 12.0 Å². The summed E-state index contributed by atoms with van der Waals surface area (Å²) in [5.41, 5.74) is -0.0572. The number of hydrogen-bond acceptors (Lipinski definition) is 4. The third-order valence-corrected chi connectivity index (χ3v) is 3.32. The maximum absolute atomic E-state index is 11.9. The van der Waals surface area contributed by atoms with Gasteiger partial charge in [0.2, 0.25) is 0 Å². The van der Waals surface area contributed by atoms with Crippen LogP contribution in [0.15, 0.2) is 18.5 Å². The lowest BCUT2D eigenvalue weighted by molar-refractivity contribution is 0.0690. The van der Waals surface area contributed by atoms with Gasteiger partial charge in [0.05, 0.1) is 11.1 Å². The molecule has 104 valence electrons. The van der Waals surface area contributed by atoms with E-state index in [9.17, 15) is 13.8 Å². The molecule has 0 saturated carbocycles. The lowest BCUT2D eigenvalue weighted by atomic mass is 10.1. The summed E-state index contributed by atoms with van der Waals surface area (Å²) >= 11 is 0. The number of nitrogens with one attached hydrogen (secondary N) is 1. The van der Waals surface area contributed by atoms with E-state index in [0.717, 1.165) is 6.20 Å². The number of carboxylic acids is 1. The molecular formula is C12H16N2O4S. The summed E-state index contributed by atoms with van der Waals surface area (Å²) in [6.45, 7) is 1.78. The molecule has 1 amide bonds. The Balaban J connectivity index is 2.73. The van der Waals surface area contributed by atoms with Gasteiger partial charge in [0, 0.05) is 41.2 Å². The molecule has 2 atom stereocenters. The normalized spacial score (nSPS) is 13.6. The Morgan fingerprint density at radius 3 is 2.74 bits per heavy atom. The topological polar surface area (TPSA) is 96.4 Å². The fourth-order valence-corrected chi connectivity index (χ4v) is 2.16. The number of hydrogen-bond donors (Lipinski definition) is 2. The van der Waals surface area contributed by atoms with Gasteiger partial charge >= 0.3 is 5.97 Å². The second-order valence-electron chi connectivity index (χ2n) is 4.17. The van der Waals surface area contributed by atoms with Crippen molar-refractivity contribution in [1.82, 2.24) is 10.3 Å². The molecule has 6 nitrogen and oxygen atoms in total. The molecule has 1 aromatic rings. The highest BCUT2D eigenvalue weighted by atomic mass is 32.2. The number of amides is 1. The van der Waals surface area contributed by atoms with Crippen LogP contribution in [0.5, 0.6) is 0 Å². The van der Waals surface area contributed by atoms with E-state index in [1.165, 1.54) is 12.3 Å². The van der Waals surface area contributed by atoms with Crippen LogP contribution in [0, 0.1) is 0 Å². The minimum atomic E-state index is -1.19. The van der Waals surface area contributed by atoms with Gasteiger partial charge in [-0.05, 0) is 19.4 Å². The van der Waals surface area contributed by atoms with Crippen LogP contribution in [0.4, 0.5) is 0 Å². The van der Waals surface area contributed by atoms with E-state index in [1.54, 1.807) is 13.2 Å². The molecule has 2 unspecified atom stereocenters. The van der Waals surface area contributed by atoms with Crippen molar-refractivity contribution in [3.8, 4) is 0 Å². The molecule has 0 bridgehead atoms. The first-order valence-electron chi connectivity index (χ1n) is 5.70. The molecule has 2 N–H and O–H groups in total. The van der Waals surface area contributed by atoms with E-state index < -0.39 is 22.7 Å². The number of aromatic nitrogens is 1. The highest BCUT2D eigenvalue weighted by molar-refractivity contribution is 7.84. The molecule has 0 aromatic carbocycles. The molecule has 0 aliphatic carbocycles. The van der Waals surface area contributed by atoms with Crippen molar-refractivity contribution in [3.05, 3.63) is 29.6 Å². The zero-order valence-corrected chi connectivity index (χ0v) is 11.6. The van der Waals surface area contributed by atoms with Crippen LogP contribution in [0.1, 0.15) is 34.1 Å². The summed E-state index contributed by atoms with van der Waals surface area (Å²) < 4.78 is 11.0. The highest BCUT2D eigenvalue weighted by Gasteiger charge is 2.17. The maximum Gasteiger partial charge on any atom is 0.338 e. The van der Waals surface area contributed by atoms with E-state index in [4.69, 9.17) is 5.11 Å². The number of carboxylic acid groups (broad SMARTS) is 1. The standard InChI is InChI=1S/C12H16N2O4S/c1-8(4-6-19(2)18)14-11(15)9-3-5-13-7-10(9)12(16)17/h3,5,7-8H,4,6H2,1-2H3,(H,14,15)(H,16,17). The summed E-state index contributed by atoms with van der Waals surface area (Å²) in [5, 5.41) is 11.6. The summed E-state index contributed by atoms with van der Waals surface area (Å²) in [6, 6.07) is 1.19. The van der Waals surface area contributed by atoms with Crippen molar-refractivity contribution >= 4 is 22.7 Å². The van der Waals surface area contributed by atoms with Gasteiger partial charge in [0.25, 0.3) is 5.91 Å². The largest absolute Gasteiger partial charge is 0.478 e. The van der Waals surface area contributed by atoms with Crippen LogP contribution in [0.3, 0.4) is 0 Å². The summed E-state index contributed by atoms with van der Waals surface area (Å²) in [7, 11) is -0.913. The Kier molecular flexibility index (Phi) is 5.62. The van der Waals surface area contributed by atoms with Gasteiger partial charge in [-0.25, -0.2) is 4.79 Å².